The lowest BCUT2D eigenvalue weighted by Gasteiger charge is -2.14. The summed E-state index contributed by atoms with van der Waals surface area (Å²) in [6.07, 6.45) is 4.59. The number of amides is 1. The van der Waals surface area contributed by atoms with Crippen LogP contribution in [0.1, 0.15) is 44.9 Å². The zero-order chi connectivity index (χ0) is 12.7. The van der Waals surface area contributed by atoms with E-state index in [1.54, 1.807) is 0 Å². The van der Waals surface area contributed by atoms with Crippen LogP contribution in [0, 0.1) is 5.41 Å². The Bertz CT molecular complexity index is 274. The van der Waals surface area contributed by atoms with Crippen molar-refractivity contribution in [3.63, 3.8) is 0 Å². The molecule has 5 heteroatoms. The van der Waals surface area contributed by atoms with Crippen LogP contribution in [0.25, 0.3) is 0 Å². The first-order valence-corrected chi connectivity index (χ1v) is 6.17. The topological polar surface area (TPSA) is 86.6 Å². The lowest BCUT2D eigenvalue weighted by Crippen LogP contribution is -2.30. The number of carbonyl (C=O) groups is 2. The van der Waals surface area contributed by atoms with Gasteiger partial charge in [0.05, 0.1) is 0 Å². The molecule has 0 saturated heterocycles. The van der Waals surface area contributed by atoms with Crippen LogP contribution in [0.3, 0.4) is 0 Å². The fourth-order valence-electron chi connectivity index (χ4n) is 1.87. The maximum Gasteiger partial charge on any atom is 0.303 e. The standard InChI is InChI=1S/C12H21NO4/c14-8-7-12(5-6-12)9-13-10(15)3-1-2-4-11(16)17/h14H,1-9H2,(H,13,15)(H,16,17). The molecule has 0 aromatic heterocycles. The van der Waals surface area contributed by atoms with E-state index in [0.717, 1.165) is 19.3 Å². The predicted molar refractivity (Wildman–Crippen MR) is 62.5 cm³/mol. The van der Waals surface area contributed by atoms with Crippen molar-refractivity contribution >= 4 is 11.9 Å². The lowest BCUT2D eigenvalue weighted by atomic mass is 10.0. The van der Waals surface area contributed by atoms with Crippen LogP contribution in [0.15, 0.2) is 0 Å². The van der Waals surface area contributed by atoms with Gasteiger partial charge in [-0.1, -0.05) is 0 Å². The van der Waals surface area contributed by atoms with Crippen molar-refractivity contribution in [3.05, 3.63) is 0 Å². The zero-order valence-electron chi connectivity index (χ0n) is 10.1. The van der Waals surface area contributed by atoms with E-state index in [0.29, 0.717) is 25.8 Å². The predicted octanol–water partition coefficient (Wildman–Crippen LogP) is 0.910. The second-order valence-electron chi connectivity index (χ2n) is 4.85. The summed E-state index contributed by atoms with van der Waals surface area (Å²) in [7, 11) is 0. The molecule has 3 N–H and O–H groups in total. The molecule has 1 aliphatic carbocycles. The van der Waals surface area contributed by atoms with Gasteiger partial charge in [0.15, 0.2) is 0 Å². The van der Waals surface area contributed by atoms with Gasteiger partial charge in [-0.05, 0) is 37.5 Å². The Kier molecular flexibility index (Phi) is 5.41. The number of carboxylic acid groups (broad SMARTS) is 1. The summed E-state index contributed by atoms with van der Waals surface area (Å²) >= 11 is 0. The van der Waals surface area contributed by atoms with Gasteiger partial charge < -0.3 is 15.5 Å². The first-order chi connectivity index (χ1) is 8.08. The van der Waals surface area contributed by atoms with Crippen molar-refractivity contribution in [2.75, 3.05) is 13.2 Å². The highest BCUT2D eigenvalue weighted by molar-refractivity contribution is 5.76. The Balaban J connectivity index is 2.03. The first-order valence-electron chi connectivity index (χ1n) is 6.17. The van der Waals surface area contributed by atoms with Gasteiger partial charge in [-0.2, -0.15) is 0 Å². The third-order valence-corrected chi connectivity index (χ3v) is 3.30. The average molecular weight is 243 g/mol. The van der Waals surface area contributed by atoms with Crippen molar-refractivity contribution in [2.24, 2.45) is 5.41 Å². The van der Waals surface area contributed by atoms with E-state index in [-0.39, 0.29) is 24.3 Å². The smallest absolute Gasteiger partial charge is 0.303 e. The van der Waals surface area contributed by atoms with Crippen molar-refractivity contribution in [1.29, 1.82) is 0 Å². The molecule has 0 atom stereocenters. The number of carbonyl (C=O) groups excluding carboxylic acids is 1. The number of carboxylic acids is 1. The van der Waals surface area contributed by atoms with Crippen LogP contribution >= 0.6 is 0 Å². The second-order valence-corrected chi connectivity index (χ2v) is 4.85. The van der Waals surface area contributed by atoms with E-state index in [4.69, 9.17) is 10.2 Å². The highest BCUT2D eigenvalue weighted by Crippen LogP contribution is 2.47. The van der Waals surface area contributed by atoms with Gasteiger partial charge in [-0.3, -0.25) is 9.59 Å². The minimum absolute atomic E-state index is 0.0143. The van der Waals surface area contributed by atoms with Crippen LogP contribution in [0.5, 0.6) is 0 Å². The molecule has 1 saturated carbocycles. The number of aliphatic hydroxyl groups is 1. The largest absolute Gasteiger partial charge is 0.481 e. The van der Waals surface area contributed by atoms with Crippen LogP contribution in [0.4, 0.5) is 0 Å². The monoisotopic (exact) mass is 243 g/mol. The minimum atomic E-state index is -0.815. The van der Waals surface area contributed by atoms with Crippen molar-refractivity contribution in [1.82, 2.24) is 5.32 Å². The molecule has 0 spiro atoms. The number of unbranched alkanes of at least 4 members (excludes halogenated alkanes) is 1. The number of hydrogen-bond acceptors (Lipinski definition) is 3. The molecule has 0 bridgehead atoms. The summed E-state index contributed by atoms with van der Waals surface area (Å²) in [5.41, 5.74) is 0.144. The van der Waals surface area contributed by atoms with Gasteiger partial charge in [0.1, 0.15) is 0 Å². The number of aliphatic hydroxyl groups excluding tert-OH is 1. The Hall–Kier alpha value is -1.10. The maximum atomic E-state index is 11.4. The first kappa shape index (κ1) is 14.0. The van der Waals surface area contributed by atoms with Crippen molar-refractivity contribution in [2.45, 2.75) is 44.9 Å². The third kappa shape index (κ3) is 5.68. The molecule has 1 aliphatic rings. The van der Waals surface area contributed by atoms with Crippen molar-refractivity contribution < 1.29 is 19.8 Å². The van der Waals surface area contributed by atoms with Crippen LogP contribution in [-0.2, 0) is 9.59 Å². The van der Waals surface area contributed by atoms with Gasteiger partial charge in [-0.15, -0.1) is 0 Å². The average Bonchev–Trinajstić information content (AvgIpc) is 3.03. The molecule has 0 aliphatic heterocycles. The maximum absolute atomic E-state index is 11.4. The van der Waals surface area contributed by atoms with Gasteiger partial charge in [0.2, 0.25) is 5.91 Å². The fourth-order valence-corrected chi connectivity index (χ4v) is 1.87. The van der Waals surface area contributed by atoms with Crippen LogP contribution < -0.4 is 5.32 Å². The molecular formula is C12H21NO4. The Labute approximate surface area is 101 Å². The minimum Gasteiger partial charge on any atom is -0.481 e. The zero-order valence-corrected chi connectivity index (χ0v) is 10.1. The third-order valence-electron chi connectivity index (χ3n) is 3.30. The van der Waals surface area contributed by atoms with E-state index < -0.39 is 5.97 Å². The Morgan fingerprint density at radius 1 is 1.18 bits per heavy atom. The summed E-state index contributed by atoms with van der Waals surface area (Å²) in [5.74, 6) is -0.829. The molecule has 1 rings (SSSR count). The molecule has 0 heterocycles. The van der Waals surface area contributed by atoms with E-state index in [2.05, 4.69) is 5.32 Å². The Morgan fingerprint density at radius 3 is 2.35 bits per heavy atom. The summed E-state index contributed by atoms with van der Waals surface area (Å²) in [4.78, 5) is 21.7. The van der Waals surface area contributed by atoms with E-state index in [9.17, 15) is 9.59 Å². The van der Waals surface area contributed by atoms with Gasteiger partial charge >= 0.3 is 5.97 Å². The van der Waals surface area contributed by atoms with E-state index in [1.165, 1.54) is 0 Å². The van der Waals surface area contributed by atoms with Gasteiger partial charge in [0, 0.05) is 26.0 Å². The summed E-state index contributed by atoms with van der Waals surface area (Å²) in [6, 6.07) is 0. The number of aliphatic carboxylic acids is 1. The SMILES string of the molecule is O=C(O)CCCCC(=O)NCC1(CCO)CC1. The number of nitrogens with one attached hydrogen (secondary N) is 1. The highest BCUT2D eigenvalue weighted by Gasteiger charge is 2.41. The fraction of sp³-hybridized carbons (Fsp3) is 0.833. The molecule has 5 nitrogen and oxygen atoms in total. The molecule has 1 fully saturated rings. The number of hydrogen-bond donors (Lipinski definition) is 3. The molecule has 0 unspecified atom stereocenters. The molecular weight excluding hydrogens is 222 g/mol. The number of rotatable bonds is 9. The summed E-state index contributed by atoms with van der Waals surface area (Å²) < 4.78 is 0. The highest BCUT2D eigenvalue weighted by atomic mass is 16.4. The van der Waals surface area contributed by atoms with Gasteiger partial charge in [-0.25, -0.2) is 0 Å². The van der Waals surface area contributed by atoms with E-state index >= 15 is 0 Å². The van der Waals surface area contributed by atoms with Crippen molar-refractivity contribution in [3.8, 4) is 0 Å². The molecule has 0 radical (unpaired) electrons. The van der Waals surface area contributed by atoms with E-state index in [1.807, 2.05) is 0 Å². The molecule has 98 valence electrons. The second kappa shape index (κ2) is 6.59. The molecule has 0 aromatic carbocycles. The summed E-state index contributed by atoms with van der Waals surface area (Å²) in [5, 5.41) is 20.2. The van der Waals surface area contributed by atoms with Crippen LogP contribution in [-0.4, -0.2) is 35.2 Å². The normalized spacial score (nSPS) is 16.5. The molecule has 0 aromatic rings. The lowest BCUT2D eigenvalue weighted by molar-refractivity contribution is -0.137. The summed E-state index contributed by atoms with van der Waals surface area (Å²) in [6.45, 7) is 0.819. The van der Waals surface area contributed by atoms with Crippen LogP contribution in [0.2, 0.25) is 0 Å². The Morgan fingerprint density at radius 2 is 1.82 bits per heavy atom. The van der Waals surface area contributed by atoms with Gasteiger partial charge in [0.25, 0.3) is 0 Å². The molecule has 17 heavy (non-hydrogen) atoms. The quantitative estimate of drug-likeness (QED) is 0.525. The molecule has 1 amide bonds.